The van der Waals surface area contributed by atoms with Crippen LogP contribution in [0.25, 0.3) is 0 Å². The Labute approximate surface area is 141 Å². The van der Waals surface area contributed by atoms with Crippen molar-refractivity contribution in [2.24, 2.45) is 0 Å². The van der Waals surface area contributed by atoms with Crippen LogP contribution in [0, 0.1) is 13.8 Å². The molecule has 124 valence electrons. The van der Waals surface area contributed by atoms with E-state index in [1.165, 1.54) is 17.9 Å². The first kappa shape index (κ1) is 16.2. The van der Waals surface area contributed by atoms with Crippen LogP contribution in [-0.2, 0) is 6.42 Å². The number of hydrogen-bond donors (Lipinski definition) is 0. The summed E-state index contributed by atoms with van der Waals surface area (Å²) in [5, 5.41) is 0. The molecule has 0 radical (unpaired) electrons. The van der Waals surface area contributed by atoms with Crippen molar-refractivity contribution < 1.29 is 4.42 Å². The van der Waals surface area contributed by atoms with Gasteiger partial charge in [0.15, 0.2) is 5.43 Å². The molecule has 3 aromatic rings. The zero-order chi connectivity index (χ0) is 17.1. The Morgan fingerprint density at radius 2 is 2.08 bits per heavy atom. The highest BCUT2D eigenvalue weighted by Gasteiger charge is 2.21. The summed E-state index contributed by atoms with van der Waals surface area (Å²) >= 11 is 0. The van der Waals surface area contributed by atoms with Gasteiger partial charge in [-0.3, -0.25) is 4.79 Å². The van der Waals surface area contributed by atoms with E-state index in [1.807, 2.05) is 25.3 Å². The molecule has 0 saturated heterocycles. The minimum absolute atomic E-state index is 0.0222. The zero-order valence-corrected chi connectivity index (χ0v) is 14.3. The highest BCUT2D eigenvalue weighted by atomic mass is 16.3. The molecular weight excluding hydrogens is 300 g/mol. The van der Waals surface area contributed by atoms with Crippen LogP contribution in [-0.4, -0.2) is 9.55 Å². The molecule has 0 fully saturated rings. The predicted molar refractivity (Wildman–Crippen MR) is 94.4 cm³/mol. The molecule has 1 aromatic carbocycles. The van der Waals surface area contributed by atoms with Gasteiger partial charge in [-0.2, -0.15) is 0 Å². The minimum atomic E-state index is -0.0267. The summed E-state index contributed by atoms with van der Waals surface area (Å²) in [6, 6.07) is 9.71. The van der Waals surface area contributed by atoms with E-state index >= 15 is 0 Å². The first-order chi connectivity index (χ1) is 11.6. The number of rotatable bonds is 5. The monoisotopic (exact) mass is 322 g/mol. The van der Waals surface area contributed by atoms with Crippen molar-refractivity contribution in [1.82, 2.24) is 9.55 Å². The topological polar surface area (TPSA) is 48.0 Å². The lowest BCUT2D eigenvalue weighted by Crippen LogP contribution is -2.18. The lowest BCUT2D eigenvalue weighted by molar-refractivity contribution is 0.397. The maximum absolute atomic E-state index is 12.5. The zero-order valence-electron chi connectivity index (χ0n) is 14.3. The molecule has 0 amide bonds. The van der Waals surface area contributed by atoms with Crippen molar-refractivity contribution in [3.05, 3.63) is 87.5 Å². The van der Waals surface area contributed by atoms with E-state index in [1.54, 1.807) is 6.20 Å². The summed E-state index contributed by atoms with van der Waals surface area (Å²) in [5.41, 5.74) is 3.05. The quantitative estimate of drug-likeness (QED) is 0.712. The van der Waals surface area contributed by atoms with Crippen molar-refractivity contribution in [3.63, 3.8) is 0 Å². The third-order valence-electron chi connectivity index (χ3n) is 4.36. The highest BCUT2D eigenvalue weighted by Crippen LogP contribution is 2.26. The molecule has 24 heavy (non-hydrogen) atoms. The minimum Gasteiger partial charge on any atom is -0.467 e. The fourth-order valence-electron chi connectivity index (χ4n) is 3.17. The molecular formula is C20H22N2O2. The number of benzene rings is 1. The second-order valence-corrected chi connectivity index (χ2v) is 6.10. The Morgan fingerprint density at radius 3 is 2.75 bits per heavy atom. The average Bonchev–Trinajstić information content (AvgIpc) is 2.97. The van der Waals surface area contributed by atoms with Gasteiger partial charge < -0.3 is 8.98 Å². The van der Waals surface area contributed by atoms with Crippen LogP contribution >= 0.6 is 0 Å². The average molecular weight is 322 g/mol. The third kappa shape index (κ3) is 3.18. The molecule has 3 rings (SSSR count). The van der Waals surface area contributed by atoms with Gasteiger partial charge in [-0.05, 0) is 25.8 Å². The van der Waals surface area contributed by atoms with Gasteiger partial charge in [-0.25, -0.2) is 4.98 Å². The fraction of sp³-hybridized carbons (Fsp3) is 0.300. The molecule has 0 aliphatic carbocycles. The van der Waals surface area contributed by atoms with E-state index in [2.05, 4.69) is 35.5 Å². The summed E-state index contributed by atoms with van der Waals surface area (Å²) in [7, 11) is 0. The van der Waals surface area contributed by atoms with Gasteiger partial charge in [-0.15, -0.1) is 0 Å². The molecule has 1 unspecified atom stereocenters. The van der Waals surface area contributed by atoms with Gasteiger partial charge in [-0.1, -0.05) is 36.8 Å². The molecule has 1 atom stereocenters. The van der Waals surface area contributed by atoms with Crippen LogP contribution < -0.4 is 5.43 Å². The van der Waals surface area contributed by atoms with Crippen molar-refractivity contribution in [2.45, 2.75) is 39.7 Å². The number of imidazole rings is 1. The second kappa shape index (κ2) is 6.87. The Bertz CT molecular complexity index is 892. The van der Waals surface area contributed by atoms with E-state index in [-0.39, 0.29) is 11.5 Å². The van der Waals surface area contributed by atoms with E-state index in [0.717, 1.165) is 29.1 Å². The normalized spacial score (nSPS) is 12.3. The molecule has 4 nitrogen and oxygen atoms in total. The Morgan fingerprint density at radius 1 is 1.25 bits per heavy atom. The summed E-state index contributed by atoms with van der Waals surface area (Å²) in [5.74, 6) is 1.64. The highest BCUT2D eigenvalue weighted by molar-refractivity contribution is 5.31. The van der Waals surface area contributed by atoms with Crippen LogP contribution in [0.15, 0.2) is 58.2 Å². The molecule has 2 aromatic heterocycles. The van der Waals surface area contributed by atoms with E-state index in [0.29, 0.717) is 6.42 Å². The predicted octanol–water partition coefficient (Wildman–Crippen LogP) is 4.04. The molecule has 2 heterocycles. The Hall–Kier alpha value is -2.62. The van der Waals surface area contributed by atoms with Crippen molar-refractivity contribution in [3.8, 4) is 0 Å². The van der Waals surface area contributed by atoms with Crippen LogP contribution in [0.2, 0.25) is 0 Å². The van der Waals surface area contributed by atoms with E-state index in [9.17, 15) is 4.79 Å². The van der Waals surface area contributed by atoms with Gasteiger partial charge in [0, 0.05) is 30.4 Å². The van der Waals surface area contributed by atoms with Gasteiger partial charge in [0.05, 0.1) is 12.3 Å². The Kier molecular flexibility index (Phi) is 4.65. The number of nitrogens with zero attached hydrogens (tertiary/aromatic N) is 2. The van der Waals surface area contributed by atoms with Crippen LogP contribution in [0.1, 0.15) is 47.7 Å². The van der Waals surface area contributed by atoms with Gasteiger partial charge in [0.2, 0.25) is 0 Å². The molecule has 0 spiro atoms. The number of hydrogen-bond acceptors (Lipinski definition) is 3. The van der Waals surface area contributed by atoms with E-state index in [4.69, 9.17) is 4.42 Å². The third-order valence-corrected chi connectivity index (χ3v) is 4.36. The lowest BCUT2D eigenvalue weighted by Gasteiger charge is -2.20. The summed E-state index contributed by atoms with van der Waals surface area (Å²) in [6.45, 7) is 6.11. The molecule has 4 heteroatoms. The van der Waals surface area contributed by atoms with Gasteiger partial charge in [0.1, 0.15) is 11.6 Å². The molecule has 0 bridgehead atoms. The second-order valence-electron chi connectivity index (χ2n) is 6.10. The van der Waals surface area contributed by atoms with Crippen molar-refractivity contribution in [2.75, 3.05) is 0 Å². The molecule has 0 N–H and O–H groups in total. The lowest BCUT2D eigenvalue weighted by atomic mass is 9.98. The summed E-state index contributed by atoms with van der Waals surface area (Å²) < 4.78 is 7.89. The number of aromatic nitrogens is 2. The summed E-state index contributed by atoms with van der Waals surface area (Å²) in [4.78, 5) is 16.8. The first-order valence-corrected chi connectivity index (χ1v) is 8.25. The summed E-state index contributed by atoms with van der Waals surface area (Å²) in [6.07, 6.45) is 6.61. The van der Waals surface area contributed by atoms with Crippen molar-refractivity contribution in [1.29, 1.82) is 0 Å². The van der Waals surface area contributed by atoms with Crippen molar-refractivity contribution >= 4 is 0 Å². The molecule has 0 saturated carbocycles. The van der Waals surface area contributed by atoms with Gasteiger partial charge in [0.25, 0.3) is 0 Å². The largest absolute Gasteiger partial charge is 0.467 e. The smallest absolute Gasteiger partial charge is 0.188 e. The van der Waals surface area contributed by atoms with Crippen LogP contribution in [0.4, 0.5) is 0 Å². The first-order valence-electron chi connectivity index (χ1n) is 8.25. The molecule has 0 aliphatic heterocycles. The van der Waals surface area contributed by atoms with Gasteiger partial charge >= 0.3 is 0 Å². The SMILES string of the molecule is CCC(c1occc(=O)c1Cc1cccc(C)c1)n1ccnc1C. The fourth-order valence-corrected chi connectivity index (χ4v) is 3.17. The molecule has 0 aliphatic rings. The van der Waals surface area contributed by atoms with Crippen LogP contribution in [0.5, 0.6) is 0 Å². The Balaban J connectivity index is 2.07. The maximum atomic E-state index is 12.5. The standard InChI is InChI=1S/C20H22N2O2/c1-4-18(22-10-9-21-15(22)3)20-17(19(23)8-11-24-20)13-16-7-5-6-14(2)12-16/h5-12,18H,4,13H2,1-3H3. The van der Waals surface area contributed by atoms with Crippen LogP contribution in [0.3, 0.4) is 0 Å². The number of aryl methyl sites for hydroxylation is 2. The maximum Gasteiger partial charge on any atom is 0.188 e. The van der Waals surface area contributed by atoms with E-state index < -0.39 is 0 Å².